The number of anilines is 4. The minimum atomic E-state index is 0. The topological polar surface area (TPSA) is 70.2 Å². The summed E-state index contributed by atoms with van der Waals surface area (Å²) in [5.41, 5.74) is 0. The number of nitrogens with zero attached hydrogens (tertiary/aromatic N) is 10. The fraction of sp³-hybridized carbons (Fsp3) is 0.290. The molecule has 0 amide bonds. The monoisotopic (exact) mass is 645 g/mol. The van der Waals surface area contributed by atoms with Crippen molar-refractivity contribution in [2.75, 3.05) is 62.0 Å². The Hall–Kier alpha value is -4.23. The number of hydrogen-bond acceptors (Lipinski definition) is 12. The number of aromatic nitrogens is 2. The van der Waals surface area contributed by atoms with Gasteiger partial charge < -0.3 is 48.7 Å². The summed E-state index contributed by atoms with van der Waals surface area (Å²) in [6.45, 7) is 12.1. The van der Waals surface area contributed by atoms with Gasteiger partial charge in [-0.25, -0.2) is 9.97 Å². The van der Waals surface area contributed by atoms with E-state index in [0.717, 1.165) is 34.8 Å². The molecule has 4 aliphatic heterocycles. The van der Waals surface area contributed by atoms with E-state index in [1.807, 2.05) is 168 Å². The molecule has 1 radical (unpaired) electrons. The van der Waals surface area contributed by atoms with Crippen LogP contribution in [0, 0.1) is 26.7 Å². The molecule has 0 saturated carbocycles. The van der Waals surface area contributed by atoms with Gasteiger partial charge in [0.25, 0.3) is 0 Å². The standard InChI is InChI=1S/2C14H17N5O.C3H8.Co/c2*1-16-4-6-18(10-16)13-8-12(20-3)9-14(15-13)19-7-5-17(2)11-19;1-3-2;/h2*4-11H,1-3H3;3H2,1-2H3;/q2*-2;;. The Morgan fingerprint density at radius 1 is 0.500 bits per heavy atom. The van der Waals surface area contributed by atoms with Crippen LogP contribution < -0.4 is 29.1 Å². The van der Waals surface area contributed by atoms with E-state index in [0.29, 0.717) is 0 Å². The molecule has 0 bridgehead atoms. The Bertz CT molecular complexity index is 1150. The van der Waals surface area contributed by atoms with Crippen LogP contribution in [0.1, 0.15) is 20.3 Å². The molecule has 0 saturated heterocycles. The van der Waals surface area contributed by atoms with E-state index < -0.39 is 0 Å². The van der Waals surface area contributed by atoms with E-state index in [1.54, 1.807) is 14.2 Å². The van der Waals surface area contributed by atoms with Crippen molar-refractivity contribution in [2.45, 2.75) is 20.3 Å². The Morgan fingerprint density at radius 2 is 0.727 bits per heavy atom. The van der Waals surface area contributed by atoms with Crippen LogP contribution in [0.4, 0.5) is 23.3 Å². The molecule has 0 aromatic carbocycles. The van der Waals surface area contributed by atoms with Crippen molar-refractivity contribution in [3.63, 3.8) is 0 Å². The summed E-state index contributed by atoms with van der Waals surface area (Å²) in [4.78, 5) is 25.0. The number of hydrogen-bond donors (Lipinski definition) is 0. The second-order valence-electron chi connectivity index (χ2n) is 10.1. The first-order valence-electron chi connectivity index (χ1n) is 14.0. The molecule has 13 heteroatoms. The van der Waals surface area contributed by atoms with Crippen LogP contribution in [0.5, 0.6) is 11.5 Å². The van der Waals surface area contributed by atoms with Gasteiger partial charge in [-0.2, -0.15) is 0 Å². The Kier molecular flexibility index (Phi) is 12.5. The van der Waals surface area contributed by atoms with Crippen LogP contribution in [-0.2, 0) is 16.8 Å². The summed E-state index contributed by atoms with van der Waals surface area (Å²) >= 11 is 0. The summed E-state index contributed by atoms with van der Waals surface area (Å²) in [6.07, 6.45) is 17.0. The molecule has 0 unspecified atom stereocenters. The fourth-order valence-electron chi connectivity index (χ4n) is 4.06. The third-order valence-corrected chi connectivity index (χ3v) is 6.15. The van der Waals surface area contributed by atoms with Crippen LogP contribution in [0.3, 0.4) is 0 Å². The molecule has 12 nitrogen and oxygen atoms in total. The number of rotatable bonds is 6. The van der Waals surface area contributed by atoms with Gasteiger partial charge in [0.2, 0.25) is 0 Å². The number of methoxy groups -OCH3 is 2. The normalized spacial score (nSPS) is 16.4. The minimum absolute atomic E-state index is 0. The van der Waals surface area contributed by atoms with Gasteiger partial charge in [0.15, 0.2) is 0 Å². The van der Waals surface area contributed by atoms with E-state index >= 15 is 0 Å². The van der Waals surface area contributed by atoms with Crippen molar-refractivity contribution in [3.8, 4) is 11.5 Å². The average molecular weight is 646 g/mol. The smallest absolute Gasteiger partial charge is 0.126 e. The predicted molar refractivity (Wildman–Crippen MR) is 172 cm³/mol. The Labute approximate surface area is 272 Å². The van der Waals surface area contributed by atoms with Gasteiger partial charge in [-0.15, -0.1) is 26.7 Å². The fourth-order valence-corrected chi connectivity index (χ4v) is 4.06. The zero-order chi connectivity index (χ0) is 30.9. The van der Waals surface area contributed by atoms with Gasteiger partial charge >= 0.3 is 0 Å². The molecule has 44 heavy (non-hydrogen) atoms. The zero-order valence-corrected chi connectivity index (χ0v) is 27.6. The molecule has 2 aromatic heterocycles. The van der Waals surface area contributed by atoms with E-state index in [4.69, 9.17) is 9.47 Å². The van der Waals surface area contributed by atoms with Crippen LogP contribution in [-0.4, -0.2) is 72.0 Å². The maximum Gasteiger partial charge on any atom is 0.126 e. The summed E-state index contributed by atoms with van der Waals surface area (Å²) < 4.78 is 10.7. The van der Waals surface area contributed by atoms with Gasteiger partial charge in [0.1, 0.15) is 34.8 Å². The van der Waals surface area contributed by atoms with Crippen LogP contribution >= 0.6 is 0 Å². The van der Waals surface area contributed by atoms with Crippen LogP contribution in [0.2, 0.25) is 0 Å². The molecule has 0 aliphatic carbocycles. The molecule has 0 atom stereocenters. The summed E-state index contributed by atoms with van der Waals surface area (Å²) in [5, 5.41) is 0. The van der Waals surface area contributed by atoms with Crippen LogP contribution in [0.25, 0.3) is 0 Å². The third kappa shape index (κ3) is 8.89. The van der Waals surface area contributed by atoms with Crippen molar-refractivity contribution in [3.05, 3.63) is 101 Å². The average Bonchev–Trinajstić information content (AvgIpc) is 3.82. The zero-order valence-electron chi connectivity index (χ0n) is 26.6. The number of ether oxygens (including phenoxy) is 2. The molecule has 6 heterocycles. The summed E-state index contributed by atoms with van der Waals surface area (Å²) in [7, 11) is 11.2. The second kappa shape index (κ2) is 16.0. The first-order chi connectivity index (χ1) is 20.7. The third-order valence-electron chi connectivity index (χ3n) is 6.15. The molecule has 6 rings (SSSR count). The summed E-state index contributed by atoms with van der Waals surface area (Å²) in [5.74, 6) is 4.82. The first kappa shape index (κ1) is 34.3. The van der Waals surface area contributed by atoms with E-state index in [1.165, 1.54) is 6.42 Å². The van der Waals surface area contributed by atoms with Crippen LogP contribution in [0.15, 0.2) is 73.9 Å². The van der Waals surface area contributed by atoms with E-state index in [-0.39, 0.29) is 16.8 Å². The second-order valence-corrected chi connectivity index (χ2v) is 10.1. The van der Waals surface area contributed by atoms with Gasteiger partial charge in [-0.3, -0.25) is 0 Å². The molecule has 4 aliphatic rings. The van der Waals surface area contributed by atoms with E-state index in [2.05, 4.69) is 23.8 Å². The first-order valence-corrected chi connectivity index (χ1v) is 14.0. The quantitative estimate of drug-likeness (QED) is 0.399. The maximum absolute atomic E-state index is 5.37. The van der Waals surface area contributed by atoms with Gasteiger partial charge in [0, 0.05) is 41.0 Å². The molecule has 0 fully saturated rings. The SMILES string of the molecule is CCC.COc1cc(N2C=CN(C)[CH-]2)nc(N2C=CN(C)[CH-]2)c1.COc1cc(N2C=CN(C)[CH-]2)nc(N2C=CN(C)[CH-]2)c1.[Co]. The predicted octanol–water partition coefficient (Wildman–Crippen LogP) is 4.96. The number of pyridine rings is 2. The van der Waals surface area contributed by atoms with Crippen molar-refractivity contribution in [1.29, 1.82) is 0 Å². The summed E-state index contributed by atoms with van der Waals surface area (Å²) in [6, 6.07) is 7.64. The van der Waals surface area contributed by atoms with Crippen molar-refractivity contribution in [2.24, 2.45) is 0 Å². The molecule has 2 aromatic rings. The Balaban J connectivity index is 0.000000216. The van der Waals surface area contributed by atoms with E-state index in [9.17, 15) is 0 Å². The molecular formula is C31H42CoN10O2-4. The molecule has 0 N–H and O–H groups in total. The Morgan fingerprint density at radius 3 is 0.886 bits per heavy atom. The van der Waals surface area contributed by atoms with Gasteiger partial charge in [0.05, 0.1) is 14.2 Å². The molecule has 0 spiro atoms. The van der Waals surface area contributed by atoms with Gasteiger partial charge in [-0.05, 0) is 77.8 Å². The molecule has 241 valence electrons. The molecular weight excluding hydrogens is 603 g/mol. The van der Waals surface area contributed by atoms with Gasteiger partial charge in [-0.1, -0.05) is 20.3 Å². The minimum Gasteiger partial charge on any atom is -0.510 e. The van der Waals surface area contributed by atoms with Crippen molar-refractivity contribution >= 4 is 23.3 Å². The largest absolute Gasteiger partial charge is 0.510 e. The maximum atomic E-state index is 5.37. The van der Waals surface area contributed by atoms with Crippen molar-refractivity contribution < 1.29 is 26.3 Å². The van der Waals surface area contributed by atoms with Crippen molar-refractivity contribution in [1.82, 2.24) is 29.6 Å².